The average molecular weight is 395 g/mol. The quantitative estimate of drug-likeness (QED) is 0.355. The van der Waals surface area contributed by atoms with Crippen LogP contribution in [0.2, 0.25) is 0 Å². The van der Waals surface area contributed by atoms with E-state index >= 15 is 0 Å². The van der Waals surface area contributed by atoms with Crippen LogP contribution in [0.1, 0.15) is 30.1 Å². The zero-order valence-electron chi connectivity index (χ0n) is 14.7. The summed E-state index contributed by atoms with van der Waals surface area (Å²) >= 11 is 1.09. The molecule has 1 rings (SSSR count). The molecular weight excluding hydrogens is 374 g/mol. The molecule has 0 unspecified atom stereocenters. The Hall–Kier alpha value is -2.88. The van der Waals surface area contributed by atoms with Crippen LogP contribution in [0.4, 0.5) is 5.69 Å². The SMILES string of the molecule is CCC(=O)NCCSC(=O)CCNC(=O)c1ccc(NC(=O)C(=O)O)cc1. The van der Waals surface area contributed by atoms with Crippen LogP contribution in [-0.2, 0) is 19.2 Å². The summed E-state index contributed by atoms with van der Waals surface area (Å²) in [5.74, 6) is -2.75. The number of nitrogens with one attached hydrogen (secondary N) is 3. The van der Waals surface area contributed by atoms with E-state index < -0.39 is 11.9 Å². The molecule has 1 aromatic rings. The lowest BCUT2D eigenvalue weighted by Crippen LogP contribution is -2.26. The fraction of sp³-hybridized carbons (Fsp3) is 0.353. The largest absolute Gasteiger partial charge is 0.474 e. The second-order valence-corrected chi connectivity index (χ2v) is 6.42. The van der Waals surface area contributed by atoms with Gasteiger partial charge in [-0.25, -0.2) is 4.79 Å². The van der Waals surface area contributed by atoms with Crippen molar-refractivity contribution in [1.29, 1.82) is 0 Å². The zero-order valence-corrected chi connectivity index (χ0v) is 15.6. The fourth-order valence-corrected chi connectivity index (χ4v) is 2.50. The lowest BCUT2D eigenvalue weighted by Gasteiger charge is -2.07. The van der Waals surface area contributed by atoms with Crippen LogP contribution < -0.4 is 16.0 Å². The molecule has 4 N–H and O–H groups in total. The van der Waals surface area contributed by atoms with E-state index in [-0.39, 0.29) is 35.6 Å². The van der Waals surface area contributed by atoms with Crippen molar-refractivity contribution < 1.29 is 29.1 Å². The number of anilines is 1. The molecule has 0 bridgehead atoms. The summed E-state index contributed by atoms with van der Waals surface area (Å²) < 4.78 is 0. The minimum Gasteiger partial charge on any atom is -0.474 e. The van der Waals surface area contributed by atoms with Crippen LogP contribution >= 0.6 is 11.8 Å². The molecule has 0 fully saturated rings. The van der Waals surface area contributed by atoms with Gasteiger partial charge in [0.05, 0.1) is 0 Å². The highest BCUT2D eigenvalue weighted by Gasteiger charge is 2.12. The molecule has 0 aliphatic heterocycles. The second-order valence-electron chi connectivity index (χ2n) is 5.27. The number of aliphatic carboxylic acids is 1. The summed E-state index contributed by atoms with van der Waals surface area (Å²) in [6.45, 7) is 2.33. The standard InChI is InChI=1S/C17H21N3O6S/c1-2-13(21)18-9-10-27-14(22)7-8-19-15(23)11-3-5-12(6-4-11)20-16(24)17(25)26/h3-6H,2,7-10H2,1H3,(H,18,21)(H,19,23)(H,20,24)(H,25,26). The summed E-state index contributed by atoms with van der Waals surface area (Å²) in [7, 11) is 0. The van der Waals surface area contributed by atoms with Crippen LogP contribution in [0, 0.1) is 0 Å². The maximum atomic E-state index is 12.0. The van der Waals surface area contributed by atoms with Gasteiger partial charge in [-0.05, 0) is 24.3 Å². The van der Waals surface area contributed by atoms with Gasteiger partial charge >= 0.3 is 11.9 Å². The first-order valence-electron chi connectivity index (χ1n) is 8.18. The lowest BCUT2D eigenvalue weighted by atomic mass is 10.2. The number of benzene rings is 1. The maximum Gasteiger partial charge on any atom is 0.394 e. The Bertz CT molecular complexity index is 705. The molecule has 0 aromatic heterocycles. The van der Waals surface area contributed by atoms with Gasteiger partial charge in [-0.3, -0.25) is 19.2 Å². The Labute approximate surface area is 160 Å². The second kappa shape index (κ2) is 11.7. The number of rotatable bonds is 9. The van der Waals surface area contributed by atoms with Gasteiger partial charge in [0.2, 0.25) is 5.91 Å². The number of thioether (sulfide) groups is 1. The van der Waals surface area contributed by atoms with E-state index in [0.717, 1.165) is 11.8 Å². The Kier molecular flexibility index (Phi) is 9.59. The molecule has 27 heavy (non-hydrogen) atoms. The van der Waals surface area contributed by atoms with E-state index in [1.807, 2.05) is 0 Å². The van der Waals surface area contributed by atoms with Gasteiger partial charge in [0.1, 0.15) is 0 Å². The van der Waals surface area contributed by atoms with E-state index in [2.05, 4.69) is 16.0 Å². The Morgan fingerprint density at radius 2 is 1.67 bits per heavy atom. The molecule has 0 aliphatic carbocycles. The van der Waals surface area contributed by atoms with Crippen molar-refractivity contribution in [2.75, 3.05) is 24.2 Å². The predicted molar refractivity (Wildman–Crippen MR) is 100 cm³/mol. The maximum absolute atomic E-state index is 12.0. The molecule has 1 aromatic carbocycles. The summed E-state index contributed by atoms with van der Waals surface area (Å²) in [6.07, 6.45) is 0.558. The van der Waals surface area contributed by atoms with Crippen LogP contribution in [-0.4, -0.2) is 52.8 Å². The first-order chi connectivity index (χ1) is 12.8. The molecule has 0 saturated heterocycles. The van der Waals surface area contributed by atoms with Crippen molar-refractivity contribution in [1.82, 2.24) is 10.6 Å². The smallest absolute Gasteiger partial charge is 0.394 e. The summed E-state index contributed by atoms with van der Waals surface area (Å²) in [4.78, 5) is 56.2. The minimum absolute atomic E-state index is 0.0659. The monoisotopic (exact) mass is 395 g/mol. The van der Waals surface area contributed by atoms with Gasteiger partial charge in [-0.2, -0.15) is 0 Å². The number of carbonyl (C=O) groups excluding carboxylic acids is 4. The van der Waals surface area contributed by atoms with Crippen LogP contribution in [0.5, 0.6) is 0 Å². The molecule has 0 aliphatic rings. The van der Waals surface area contributed by atoms with Crippen LogP contribution in [0.3, 0.4) is 0 Å². The summed E-state index contributed by atoms with van der Waals surface area (Å²) in [6, 6.07) is 5.67. The van der Waals surface area contributed by atoms with Gasteiger partial charge in [0.15, 0.2) is 5.12 Å². The summed E-state index contributed by atoms with van der Waals surface area (Å²) in [5.41, 5.74) is 0.561. The first kappa shape index (κ1) is 22.2. The number of carboxylic acid groups (broad SMARTS) is 1. The number of carboxylic acids is 1. The van der Waals surface area contributed by atoms with E-state index in [1.165, 1.54) is 24.3 Å². The Balaban J connectivity index is 2.29. The normalized spacial score (nSPS) is 9.96. The molecular formula is C17H21N3O6S. The third kappa shape index (κ3) is 8.86. The highest BCUT2D eigenvalue weighted by Crippen LogP contribution is 2.10. The Morgan fingerprint density at radius 1 is 1.00 bits per heavy atom. The van der Waals surface area contributed by atoms with E-state index in [4.69, 9.17) is 5.11 Å². The van der Waals surface area contributed by atoms with Crippen LogP contribution in [0.15, 0.2) is 24.3 Å². The summed E-state index contributed by atoms with van der Waals surface area (Å²) in [5, 5.41) is 15.8. The molecule has 9 nitrogen and oxygen atoms in total. The third-order valence-electron chi connectivity index (χ3n) is 3.22. The van der Waals surface area contributed by atoms with Gasteiger partial charge in [-0.1, -0.05) is 18.7 Å². The topological polar surface area (TPSA) is 142 Å². The molecule has 0 atom stereocenters. The molecule has 0 saturated carbocycles. The zero-order chi connectivity index (χ0) is 20.2. The number of hydrogen-bond donors (Lipinski definition) is 4. The highest BCUT2D eigenvalue weighted by molar-refractivity contribution is 8.13. The predicted octanol–water partition coefficient (Wildman–Crippen LogP) is 0.616. The van der Waals surface area contributed by atoms with E-state index in [0.29, 0.717) is 24.3 Å². The van der Waals surface area contributed by atoms with Gasteiger partial charge < -0.3 is 21.1 Å². The third-order valence-corrected chi connectivity index (χ3v) is 4.16. The van der Waals surface area contributed by atoms with Crippen molar-refractivity contribution in [2.24, 2.45) is 0 Å². The van der Waals surface area contributed by atoms with Gasteiger partial charge in [0, 0.05) is 42.9 Å². The molecule has 10 heteroatoms. The average Bonchev–Trinajstić information content (AvgIpc) is 2.65. The van der Waals surface area contributed by atoms with Gasteiger partial charge in [0.25, 0.3) is 5.91 Å². The Morgan fingerprint density at radius 3 is 2.26 bits per heavy atom. The van der Waals surface area contributed by atoms with Gasteiger partial charge in [-0.15, -0.1) is 0 Å². The highest BCUT2D eigenvalue weighted by atomic mass is 32.2. The number of carbonyl (C=O) groups is 5. The van der Waals surface area contributed by atoms with Crippen molar-refractivity contribution in [3.8, 4) is 0 Å². The van der Waals surface area contributed by atoms with Crippen molar-refractivity contribution in [2.45, 2.75) is 19.8 Å². The number of hydrogen-bond acceptors (Lipinski definition) is 6. The molecule has 146 valence electrons. The van der Waals surface area contributed by atoms with Crippen molar-refractivity contribution >= 4 is 46.3 Å². The van der Waals surface area contributed by atoms with E-state index in [9.17, 15) is 24.0 Å². The molecule has 0 heterocycles. The van der Waals surface area contributed by atoms with Crippen molar-refractivity contribution in [3.05, 3.63) is 29.8 Å². The first-order valence-corrected chi connectivity index (χ1v) is 9.17. The number of amides is 3. The fourth-order valence-electron chi connectivity index (χ4n) is 1.82. The lowest BCUT2D eigenvalue weighted by molar-refractivity contribution is -0.147. The minimum atomic E-state index is -1.60. The molecule has 0 radical (unpaired) electrons. The van der Waals surface area contributed by atoms with Crippen molar-refractivity contribution in [3.63, 3.8) is 0 Å². The van der Waals surface area contributed by atoms with Crippen LogP contribution in [0.25, 0.3) is 0 Å². The van der Waals surface area contributed by atoms with E-state index in [1.54, 1.807) is 6.92 Å². The molecule has 0 spiro atoms. The molecule has 3 amide bonds.